The van der Waals surface area contributed by atoms with Gasteiger partial charge in [0, 0.05) is 11.9 Å². The molecule has 0 aliphatic heterocycles. The number of hydrogen-bond donors (Lipinski definition) is 0. The van der Waals surface area contributed by atoms with E-state index < -0.39 is 10.0 Å². The average Bonchev–Trinajstić information content (AvgIpc) is 2.11. The highest BCUT2D eigenvalue weighted by Crippen LogP contribution is 2.09. The summed E-state index contributed by atoms with van der Waals surface area (Å²) in [5, 5.41) is 0. The predicted molar refractivity (Wildman–Crippen MR) is 44.1 cm³/mol. The molecule has 0 radical (unpaired) electrons. The molecular formula is C7H11NO2S. The van der Waals surface area contributed by atoms with Crippen LogP contribution in [0.5, 0.6) is 0 Å². The summed E-state index contributed by atoms with van der Waals surface area (Å²) in [4.78, 5) is 0. The van der Waals surface area contributed by atoms with Gasteiger partial charge < -0.3 is 0 Å². The first-order chi connectivity index (χ1) is 4.93. The van der Waals surface area contributed by atoms with Crippen LogP contribution in [0.3, 0.4) is 0 Å². The van der Waals surface area contributed by atoms with Crippen molar-refractivity contribution in [1.29, 1.82) is 0 Å². The van der Waals surface area contributed by atoms with Crippen LogP contribution in [0.15, 0.2) is 12.3 Å². The molecule has 0 aliphatic carbocycles. The molecule has 1 aromatic rings. The van der Waals surface area contributed by atoms with Crippen molar-refractivity contribution < 1.29 is 8.42 Å². The summed E-state index contributed by atoms with van der Waals surface area (Å²) in [6.07, 6.45) is 2.76. The highest BCUT2D eigenvalue weighted by molar-refractivity contribution is 7.89. The Bertz CT molecular complexity index is 362. The van der Waals surface area contributed by atoms with Crippen LogP contribution < -0.4 is 0 Å². The maximum Gasteiger partial charge on any atom is 0.235 e. The van der Waals surface area contributed by atoms with E-state index in [0.717, 1.165) is 11.3 Å². The second kappa shape index (κ2) is 2.37. The van der Waals surface area contributed by atoms with Gasteiger partial charge in [0.15, 0.2) is 0 Å². The van der Waals surface area contributed by atoms with E-state index in [0.29, 0.717) is 0 Å². The summed E-state index contributed by atoms with van der Waals surface area (Å²) >= 11 is 0. The van der Waals surface area contributed by atoms with Crippen LogP contribution in [0.4, 0.5) is 0 Å². The SMILES string of the molecule is Cc1ccn(S(C)(=O)=O)c1C. The van der Waals surface area contributed by atoms with E-state index in [1.54, 1.807) is 19.2 Å². The minimum Gasteiger partial charge on any atom is -0.250 e. The van der Waals surface area contributed by atoms with Gasteiger partial charge in [-0.05, 0) is 25.5 Å². The lowest BCUT2D eigenvalue weighted by Gasteiger charge is -2.01. The Balaban J connectivity index is 3.38. The smallest absolute Gasteiger partial charge is 0.235 e. The molecule has 0 aromatic carbocycles. The quantitative estimate of drug-likeness (QED) is 0.633. The minimum absolute atomic E-state index is 0.785. The van der Waals surface area contributed by atoms with Crippen molar-refractivity contribution in [2.24, 2.45) is 0 Å². The second-order valence-electron chi connectivity index (χ2n) is 2.64. The Morgan fingerprint density at radius 1 is 1.36 bits per heavy atom. The molecule has 0 saturated carbocycles. The van der Waals surface area contributed by atoms with E-state index in [4.69, 9.17) is 0 Å². The second-order valence-corrected chi connectivity index (χ2v) is 4.50. The van der Waals surface area contributed by atoms with Crippen LogP contribution in [-0.4, -0.2) is 18.6 Å². The third-order valence-electron chi connectivity index (χ3n) is 1.72. The van der Waals surface area contributed by atoms with Crippen LogP contribution in [0.25, 0.3) is 0 Å². The lowest BCUT2D eigenvalue weighted by atomic mass is 10.3. The molecule has 4 heteroatoms. The van der Waals surface area contributed by atoms with E-state index in [9.17, 15) is 8.42 Å². The molecule has 0 spiro atoms. The van der Waals surface area contributed by atoms with Gasteiger partial charge in [-0.15, -0.1) is 0 Å². The number of hydrogen-bond acceptors (Lipinski definition) is 2. The zero-order chi connectivity index (χ0) is 8.65. The van der Waals surface area contributed by atoms with E-state index >= 15 is 0 Å². The third-order valence-corrected chi connectivity index (χ3v) is 2.83. The number of nitrogens with zero attached hydrogens (tertiary/aromatic N) is 1. The largest absolute Gasteiger partial charge is 0.250 e. The first-order valence-electron chi connectivity index (χ1n) is 3.28. The van der Waals surface area contributed by atoms with Gasteiger partial charge in [-0.1, -0.05) is 0 Å². The van der Waals surface area contributed by atoms with E-state index in [1.807, 2.05) is 6.92 Å². The van der Waals surface area contributed by atoms with Crippen molar-refractivity contribution in [3.05, 3.63) is 23.5 Å². The number of aryl methyl sites for hydroxylation is 1. The molecule has 1 rings (SSSR count). The highest BCUT2D eigenvalue weighted by Gasteiger charge is 2.08. The number of aromatic nitrogens is 1. The minimum atomic E-state index is -3.10. The summed E-state index contributed by atoms with van der Waals surface area (Å²) in [7, 11) is -3.10. The van der Waals surface area contributed by atoms with Gasteiger partial charge in [0.25, 0.3) is 0 Å². The zero-order valence-electron chi connectivity index (χ0n) is 6.83. The highest BCUT2D eigenvalue weighted by atomic mass is 32.2. The summed E-state index contributed by atoms with van der Waals surface area (Å²) in [5.41, 5.74) is 1.78. The first-order valence-corrected chi connectivity index (χ1v) is 5.13. The monoisotopic (exact) mass is 173 g/mol. The normalized spacial score (nSPS) is 11.9. The Hall–Kier alpha value is -0.770. The Labute approximate surface area is 66.7 Å². The van der Waals surface area contributed by atoms with Gasteiger partial charge in [-0.25, -0.2) is 8.42 Å². The summed E-state index contributed by atoms with van der Waals surface area (Å²) in [6.45, 7) is 3.67. The molecule has 1 heterocycles. The lowest BCUT2D eigenvalue weighted by molar-refractivity contribution is 0.592. The van der Waals surface area contributed by atoms with Crippen LogP contribution in [0.1, 0.15) is 11.3 Å². The Kier molecular flexibility index (Phi) is 1.80. The van der Waals surface area contributed by atoms with Crippen LogP contribution in [0, 0.1) is 13.8 Å². The molecule has 0 unspecified atom stereocenters. The molecule has 11 heavy (non-hydrogen) atoms. The zero-order valence-corrected chi connectivity index (χ0v) is 7.64. The summed E-state index contributed by atoms with van der Waals surface area (Å²) in [6, 6.07) is 1.79. The van der Waals surface area contributed by atoms with Crippen LogP contribution in [0.2, 0.25) is 0 Å². The number of rotatable bonds is 1. The van der Waals surface area contributed by atoms with E-state index in [-0.39, 0.29) is 0 Å². The van der Waals surface area contributed by atoms with Crippen molar-refractivity contribution in [2.75, 3.05) is 6.26 Å². The third kappa shape index (κ3) is 1.45. The topological polar surface area (TPSA) is 39.1 Å². The fourth-order valence-electron chi connectivity index (χ4n) is 0.945. The standard InChI is InChI=1S/C7H11NO2S/c1-6-4-5-8(7(6)2)11(3,9)10/h4-5H,1-3H3. The molecule has 3 nitrogen and oxygen atoms in total. The van der Waals surface area contributed by atoms with E-state index in [1.165, 1.54) is 10.2 Å². The van der Waals surface area contributed by atoms with Gasteiger partial charge in [0.1, 0.15) is 0 Å². The van der Waals surface area contributed by atoms with Gasteiger partial charge in [0.05, 0.1) is 6.26 Å². The molecule has 0 amide bonds. The molecule has 1 aromatic heterocycles. The van der Waals surface area contributed by atoms with Gasteiger partial charge in [0.2, 0.25) is 10.0 Å². The van der Waals surface area contributed by atoms with Crippen LogP contribution in [-0.2, 0) is 10.0 Å². The molecule has 0 aliphatic rings. The van der Waals surface area contributed by atoms with Gasteiger partial charge in [-0.2, -0.15) is 0 Å². The molecule has 0 bridgehead atoms. The first kappa shape index (κ1) is 8.33. The van der Waals surface area contributed by atoms with Crippen molar-refractivity contribution >= 4 is 10.0 Å². The molecule has 0 atom stereocenters. The van der Waals surface area contributed by atoms with Crippen LogP contribution >= 0.6 is 0 Å². The van der Waals surface area contributed by atoms with Crippen molar-refractivity contribution in [2.45, 2.75) is 13.8 Å². The van der Waals surface area contributed by atoms with E-state index in [2.05, 4.69) is 0 Å². The summed E-state index contributed by atoms with van der Waals surface area (Å²) < 4.78 is 23.3. The van der Waals surface area contributed by atoms with Gasteiger partial charge >= 0.3 is 0 Å². The summed E-state index contributed by atoms with van der Waals surface area (Å²) in [5.74, 6) is 0. The molecular weight excluding hydrogens is 162 g/mol. The fraction of sp³-hybridized carbons (Fsp3) is 0.429. The molecule has 0 N–H and O–H groups in total. The Morgan fingerprint density at radius 3 is 2.09 bits per heavy atom. The predicted octanol–water partition coefficient (Wildman–Crippen LogP) is 0.913. The molecule has 62 valence electrons. The fourth-order valence-corrected chi connectivity index (χ4v) is 1.87. The molecule has 0 saturated heterocycles. The molecule has 0 fully saturated rings. The average molecular weight is 173 g/mol. The Morgan fingerprint density at radius 2 is 1.91 bits per heavy atom. The van der Waals surface area contributed by atoms with Gasteiger partial charge in [-0.3, -0.25) is 3.97 Å². The van der Waals surface area contributed by atoms with Crippen molar-refractivity contribution in [3.63, 3.8) is 0 Å². The van der Waals surface area contributed by atoms with Crippen molar-refractivity contribution in [3.8, 4) is 0 Å². The maximum absolute atomic E-state index is 11.0. The van der Waals surface area contributed by atoms with Crippen molar-refractivity contribution in [1.82, 2.24) is 3.97 Å². The lowest BCUT2D eigenvalue weighted by Crippen LogP contribution is -2.10. The maximum atomic E-state index is 11.0.